The van der Waals surface area contributed by atoms with Crippen molar-refractivity contribution in [2.75, 3.05) is 0 Å². The predicted octanol–water partition coefficient (Wildman–Crippen LogP) is 0.846. The van der Waals surface area contributed by atoms with Gasteiger partial charge in [-0.05, 0) is 0 Å². The van der Waals surface area contributed by atoms with Crippen molar-refractivity contribution in [2.45, 2.75) is 12.1 Å². The van der Waals surface area contributed by atoms with Gasteiger partial charge in [-0.25, -0.2) is 0 Å². The van der Waals surface area contributed by atoms with Crippen LogP contribution in [0.1, 0.15) is 0 Å². The summed E-state index contributed by atoms with van der Waals surface area (Å²) >= 11 is 0. The van der Waals surface area contributed by atoms with E-state index in [9.17, 15) is 0 Å². The predicted molar refractivity (Wildman–Crippen MR) is 46.5 cm³/mol. The normalized spacial score (nSPS) is 21.2. The maximum Gasteiger partial charge on any atom is 0.327 e. The fourth-order valence-corrected chi connectivity index (χ4v) is 5.72. The molecule has 10 heavy (non-hydrogen) atoms. The average molecular weight is 172 g/mol. The summed E-state index contributed by atoms with van der Waals surface area (Å²) in [6.07, 6.45) is 3.76. The molecule has 1 heterocycles. The molecule has 1 aliphatic rings. The Balaban J connectivity index is 2.41. The first-order valence-electron chi connectivity index (χ1n) is 3.33. The Morgan fingerprint density at radius 1 is 1.20 bits per heavy atom. The molecule has 0 bridgehead atoms. The quantitative estimate of drug-likeness (QED) is 0.462. The van der Waals surface area contributed by atoms with Crippen molar-refractivity contribution in [3.63, 3.8) is 0 Å². The summed E-state index contributed by atoms with van der Waals surface area (Å²) in [4.78, 5) is 0. The van der Waals surface area contributed by atoms with E-state index in [1.54, 1.807) is 0 Å². The second-order valence-electron chi connectivity index (χ2n) is 2.30. The van der Waals surface area contributed by atoms with Crippen LogP contribution in [0.5, 0.6) is 0 Å². The van der Waals surface area contributed by atoms with Gasteiger partial charge >= 0.3 is 8.56 Å². The average Bonchev–Trinajstić information content (AvgIpc) is 1.84. The van der Waals surface area contributed by atoms with Crippen LogP contribution in [-0.4, -0.2) is 18.6 Å². The van der Waals surface area contributed by atoms with Gasteiger partial charge in [-0.2, -0.15) is 0 Å². The van der Waals surface area contributed by atoms with Gasteiger partial charge in [0, 0.05) is 12.1 Å². The summed E-state index contributed by atoms with van der Waals surface area (Å²) in [5.74, 6) is 0. The van der Waals surface area contributed by atoms with E-state index in [2.05, 4.69) is 13.2 Å². The van der Waals surface area contributed by atoms with Crippen molar-refractivity contribution in [1.82, 2.24) is 0 Å². The van der Waals surface area contributed by atoms with Crippen LogP contribution in [0.3, 0.4) is 0 Å². The number of hydrogen-bond donors (Lipinski definition) is 0. The van der Waals surface area contributed by atoms with Gasteiger partial charge in [-0.3, -0.25) is 0 Å². The van der Waals surface area contributed by atoms with E-state index in [0.29, 0.717) is 0 Å². The lowest BCUT2D eigenvalue weighted by molar-refractivity contribution is 0.279. The van der Waals surface area contributed by atoms with Gasteiger partial charge in [-0.1, -0.05) is 12.2 Å². The van der Waals surface area contributed by atoms with Crippen LogP contribution < -0.4 is 0 Å². The van der Waals surface area contributed by atoms with Gasteiger partial charge in [0.05, 0.1) is 0 Å². The molecule has 0 aliphatic carbocycles. The number of rotatable bonds is 4. The van der Waals surface area contributed by atoms with Crippen LogP contribution in [0.15, 0.2) is 25.3 Å². The third-order valence-corrected chi connectivity index (χ3v) is 8.53. The molecule has 0 atom stereocenters. The molecule has 0 aromatic carbocycles. The van der Waals surface area contributed by atoms with E-state index in [1.807, 2.05) is 12.2 Å². The smallest absolute Gasteiger partial charge is 0.327 e. The van der Waals surface area contributed by atoms with Crippen LogP contribution in [-0.2, 0) is 8.23 Å². The van der Waals surface area contributed by atoms with Crippen LogP contribution in [0.4, 0.5) is 0 Å². The van der Waals surface area contributed by atoms with E-state index in [1.165, 1.54) is 0 Å². The molecule has 4 heteroatoms. The highest BCUT2D eigenvalue weighted by molar-refractivity contribution is 6.81. The van der Waals surface area contributed by atoms with Crippen molar-refractivity contribution in [3.8, 4) is 0 Å². The second-order valence-corrected chi connectivity index (χ2v) is 7.49. The Morgan fingerprint density at radius 2 is 1.70 bits per heavy atom. The third kappa shape index (κ3) is 1.46. The van der Waals surface area contributed by atoms with Crippen LogP contribution in [0, 0.1) is 0 Å². The van der Waals surface area contributed by atoms with Gasteiger partial charge < -0.3 is 8.23 Å². The first-order valence-corrected chi connectivity index (χ1v) is 6.71. The largest absolute Gasteiger partial charge is 0.420 e. The molecular weight excluding hydrogens is 160 g/mol. The highest BCUT2D eigenvalue weighted by Gasteiger charge is 2.41. The lowest BCUT2D eigenvalue weighted by Crippen LogP contribution is -2.53. The van der Waals surface area contributed by atoms with Crippen LogP contribution in [0.2, 0.25) is 12.1 Å². The maximum absolute atomic E-state index is 5.51. The van der Waals surface area contributed by atoms with E-state index in [0.717, 1.165) is 12.1 Å². The van der Waals surface area contributed by atoms with E-state index < -0.39 is 18.6 Å². The van der Waals surface area contributed by atoms with Crippen LogP contribution in [0.25, 0.3) is 0 Å². The first-order chi connectivity index (χ1) is 4.83. The van der Waals surface area contributed by atoms with Crippen molar-refractivity contribution >= 4 is 18.6 Å². The van der Waals surface area contributed by atoms with Crippen LogP contribution >= 0.6 is 0 Å². The van der Waals surface area contributed by atoms with Gasteiger partial charge in [0.15, 0.2) is 0 Å². The van der Waals surface area contributed by atoms with E-state index in [-0.39, 0.29) is 0 Å². The zero-order valence-electron chi connectivity index (χ0n) is 6.01. The summed E-state index contributed by atoms with van der Waals surface area (Å²) in [5.41, 5.74) is 0. The summed E-state index contributed by atoms with van der Waals surface area (Å²) in [5, 5.41) is 0. The zero-order valence-corrected chi connectivity index (χ0v) is 8.42. The Morgan fingerprint density at radius 3 is 1.90 bits per heavy atom. The van der Waals surface area contributed by atoms with Gasteiger partial charge in [0.1, 0.15) is 0 Å². The molecular formula is C6H12O2Si2. The topological polar surface area (TPSA) is 18.5 Å². The number of allylic oxidation sites excluding steroid dienone is 2. The molecule has 1 rings (SSSR count). The summed E-state index contributed by atoms with van der Waals surface area (Å²) in [6.45, 7) is 7.33. The molecule has 0 aromatic heterocycles. The van der Waals surface area contributed by atoms with Crippen molar-refractivity contribution < 1.29 is 8.23 Å². The molecule has 0 spiro atoms. The minimum Gasteiger partial charge on any atom is -0.420 e. The molecule has 2 nitrogen and oxygen atoms in total. The molecule has 56 valence electrons. The van der Waals surface area contributed by atoms with Crippen molar-refractivity contribution in [1.29, 1.82) is 0 Å². The fourth-order valence-electron chi connectivity index (χ4n) is 0.984. The summed E-state index contributed by atoms with van der Waals surface area (Å²) < 4.78 is 11.0. The van der Waals surface area contributed by atoms with Crippen molar-refractivity contribution in [2.24, 2.45) is 0 Å². The second kappa shape index (κ2) is 3.29. The summed E-state index contributed by atoms with van der Waals surface area (Å²) in [7, 11) is -2.29. The van der Waals surface area contributed by atoms with E-state index in [4.69, 9.17) is 8.23 Å². The lowest BCUT2D eigenvalue weighted by atomic mass is 10.7. The Hall–Kier alpha value is -0.166. The van der Waals surface area contributed by atoms with Crippen molar-refractivity contribution in [3.05, 3.63) is 25.3 Å². The Kier molecular flexibility index (Phi) is 2.61. The fraction of sp³-hybridized carbons (Fsp3) is 0.333. The highest BCUT2D eigenvalue weighted by Crippen LogP contribution is 2.25. The maximum atomic E-state index is 5.51. The Labute approximate surface area is 64.9 Å². The monoisotopic (exact) mass is 172 g/mol. The van der Waals surface area contributed by atoms with Gasteiger partial charge in [-0.15, -0.1) is 13.2 Å². The summed E-state index contributed by atoms with van der Waals surface area (Å²) in [6, 6.07) is 1.82. The van der Waals surface area contributed by atoms with Gasteiger partial charge in [0.2, 0.25) is 0 Å². The number of hydrogen-bond acceptors (Lipinski definition) is 2. The standard InChI is InChI=1S/C6H12O2Si2/c1-3-5-10(6-4-2)7-9-8-10/h3-4H,1-2,5-6,9H2. The first kappa shape index (κ1) is 7.94. The molecule has 0 N–H and O–H groups in total. The molecule has 0 amide bonds. The Bertz CT molecular complexity index is 131. The SMILES string of the molecule is C=CC[Si]1(CC=C)O[SiH2]O1. The third-order valence-electron chi connectivity index (χ3n) is 1.55. The zero-order chi connectivity index (χ0) is 7.45. The highest BCUT2D eigenvalue weighted by atomic mass is 28.5. The minimum atomic E-state index is -1.72. The molecule has 1 fully saturated rings. The molecule has 1 saturated heterocycles. The molecule has 0 radical (unpaired) electrons. The molecule has 0 saturated carbocycles. The molecule has 1 aliphatic heterocycles. The lowest BCUT2D eigenvalue weighted by Gasteiger charge is -2.38. The van der Waals surface area contributed by atoms with E-state index >= 15 is 0 Å². The minimum absolute atomic E-state index is 0.574. The molecule has 0 aromatic rings. The van der Waals surface area contributed by atoms with Gasteiger partial charge in [0.25, 0.3) is 10.0 Å². The molecule has 0 unspecified atom stereocenters.